The number of nitrogens with one attached hydrogen (secondary N) is 2. The third kappa shape index (κ3) is 3.10. The Morgan fingerprint density at radius 2 is 1.79 bits per heavy atom. The third-order valence-corrected chi connectivity index (χ3v) is 4.62. The molecule has 0 amide bonds. The molecule has 0 radical (unpaired) electrons. The summed E-state index contributed by atoms with van der Waals surface area (Å²) in [6, 6.07) is 7.79. The molecule has 0 saturated carbocycles. The van der Waals surface area contributed by atoms with E-state index in [1.807, 2.05) is 0 Å². The van der Waals surface area contributed by atoms with Crippen LogP contribution in [-0.4, -0.2) is 36.5 Å². The monoisotopic (exact) mass is 350 g/mol. The van der Waals surface area contributed by atoms with E-state index in [-0.39, 0.29) is 28.9 Å². The smallest absolute Gasteiger partial charge is 0.229 e. The van der Waals surface area contributed by atoms with Crippen molar-refractivity contribution in [1.82, 2.24) is 5.32 Å². The highest BCUT2D eigenvalue weighted by Crippen LogP contribution is 2.40. The Balaban J connectivity index is 2.11. The van der Waals surface area contributed by atoms with Gasteiger partial charge in [0.1, 0.15) is 5.75 Å². The zero-order chi connectivity index (χ0) is 17.5. The SMILES string of the molecule is CS(=O)(=O)Nc1c(O)ccc2c1CNCC2c1ccc(O)c(O)c1. The summed E-state index contributed by atoms with van der Waals surface area (Å²) in [5.74, 6) is -0.711. The summed E-state index contributed by atoms with van der Waals surface area (Å²) in [5.41, 5.74) is 2.44. The summed E-state index contributed by atoms with van der Waals surface area (Å²) < 4.78 is 25.5. The quantitative estimate of drug-likeness (QED) is 0.534. The zero-order valence-corrected chi connectivity index (χ0v) is 13.8. The minimum Gasteiger partial charge on any atom is -0.506 e. The lowest BCUT2D eigenvalue weighted by Crippen LogP contribution is -2.30. The number of phenols is 3. The number of hydrogen-bond acceptors (Lipinski definition) is 6. The topological polar surface area (TPSA) is 119 Å². The molecule has 5 N–H and O–H groups in total. The Kier molecular flexibility index (Phi) is 4.02. The molecule has 2 aromatic carbocycles. The van der Waals surface area contributed by atoms with Crippen molar-refractivity contribution in [3.05, 3.63) is 47.0 Å². The molecule has 0 aromatic heterocycles. The van der Waals surface area contributed by atoms with E-state index >= 15 is 0 Å². The first-order valence-electron chi connectivity index (χ1n) is 7.31. The fourth-order valence-corrected chi connectivity index (χ4v) is 3.57. The van der Waals surface area contributed by atoms with Gasteiger partial charge in [0.2, 0.25) is 10.0 Å². The van der Waals surface area contributed by atoms with Crippen LogP contribution >= 0.6 is 0 Å². The average Bonchev–Trinajstić information content (AvgIpc) is 2.51. The summed E-state index contributed by atoms with van der Waals surface area (Å²) in [4.78, 5) is 0. The van der Waals surface area contributed by atoms with Crippen LogP contribution in [0.4, 0.5) is 5.69 Å². The zero-order valence-electron chi connectivity index (χ0n) is 12.9. The molecule has 0 spiro atoms. The molecule has 1 aliphatic rings. The Morgan fingerprint density at radius 3 is 2.46 bits per heavy atom. The summed E-state index contributed by atoms with van der Waals surface area (Å²) in [7, 11) is -3.54. The van der Waals surface area contributed by atoms with E-state index in [1.165, 1.54) is 18.2 Å². The molecule has 8 heteroatoms. The van der Waals surface area contributed by atoms with Crippen molar-refractivity contribution in [2.45, 2.75) is 12.5 Å². The van der Waals surface area contributed by atoms with Crippen molar-refractivity contribution in [2.75, 3.05) is 17.5 Å². The normalized spacial score (nSPS) is 17.3. The largest absolute Gasteiger partial charge is 0.506 e. The van der Waals surface area contributed by atoms with Gasteiger partial charge in [0, 0.05) is 19.0 Å². The van der Waals surface area contributed by atoms with Crippen LogP contribution < -0.4 is 10.0 Å². The van der Waals surface area contributed by atoms with E-state index < -0.39 is 10.0 Å². The Labute approximate surface area is 139 Å². The van der Waals surface area contributed by atoms with Crippen LogP contribution in [0.25, 0.3) is 0 Å². The second kappa shape index (κ2) is 5.88. The molecule has 0 bridgehead atoms. The van der Waals surface area contributed by atoms with Crippen LogP contribution in [0.5, 0.6) is 17.2 Å². The number of benzene rings is 2. The highest BCUT2D eigenvalue weighted by molar-refractivity contribution is 7.92. The Bertz CT molecular complexity index is 896. The van der Waals surface area contributed by atoms with Gasteiger partial charge in [-0.15, -0.1) is 0 Å². The molecule has 3 rings (SSSR count). The minimum absolute atomic E-state index is 0.143. The molecule has 1 unspecified atom stereocenters. The molecule has 1 aliphatic heterocycles. The van der Waals surface area contributed by atoms with Crippen LogP contribution in [0, 0.1) is 0 Å². The summed E-state index contributed by atoms with van der Waals surface area (Å²) in [5, 5.41) is 32.4. The maximum atomic E-state index is 11.6. The molecule has 128 valence electrons. The maximum Gasteiger partial charge on any atom is 0.229 e. The highest BCUT2D eigenvalue weighted by Gasteiger charge is 2.26. The van der Waals surface area contributed by atoms with E-state index in [4.69, 9.17) is 0 Å². The predicted molar refractivity (Wildman–Crippen MR) is 89.9 cm³/mol. The number of hydrogen-bond donors (Lipinski definition) is 5. The second-order valence-corrected chi connectivity index (χ2v) is 7.58. The van der Waals surface area contributed by atoms with Crippen molar-refractivity contribution in [3.8, 4) is 17.2 Å². The third-order valence-electron chi connectivity index (χ3n) is 4.04. The first kappa shape index (κ1) is 16.4. The lowest BCUT2D eigenvalue weighted by Gasteiger charge is -2.29. The van der Waals surface area contributed by atoms with Gasteiger partial charge >= 0.3 is 0 Å². The molecule has 0 aliphatic carbocycles. The first-order chi connectivity index (χ1) is 11.3. The molecule has 24 heavy (non-hydrogen) atoms. The van der Waals surface area contributed by atoms with Crippen LogP contribution in [0.15, 0.2) is 30.3 Å². The van der Waals surface area contributed by atoms with Crippen LogP contribution in [-0.2, 0) is 16.6 Å². The minimum atomic E-state index is -3.54. The van der Waals surface area contributed by atoms with Gasteiger partial charge in [-0.3, -0.25) is 4.72 Å². The van der Waals surface area contributed by atoms with Crippen molar-refractivity contribution in [2.24, 2.45) is 0 Å². The molecule has 0 fully saturated rings. The van der Waals surface area contributed by atoms with E-state index in [1.54, 1.807) is 12.1 Å². The van der Waals surface area contributed by atoms with Crippen molar-refractivity contribution in [1.29, 1.82) is 0 Å². The number of phenolic OH excluding ortho intramolecular Hbond substituents is 3. The maximum absolute atomic E-state index is 11.6. The van der Waals surface area contributed by atoms with Gasteiger partial charge in [0.25, 0.3) is 0 Å². The van der Waals surface area contributed by atoms with Crippen molar-refractivity contribution >= 4 is 15.7 Å². The van der Waals surface area contributed by atoms with Crippen molar-refractivity contribution < 1.29 is 23.7 Å². The summed E-state index contributed by atoms with van der Waals surface area (Å²) in [6.45, 7) is 0.989. The van der Waals surface area contributed by atoms with E-state index in [0.717, 1.165) is 17.4 Å². The highest BCUT2D eigenvalue weighted by atomic mass is 32.2. The molecule has 7 nitrogen and oxygen atoms in total. The molecule has 1 heterocycles. The van der Waals surface area contributed by atoms with Gasteiger partial charge in [-0.25, -0.2) is 8.42 Å². The molecule has 2 aromatic rings. The number of anilines is 1. The first-order valence-corrected chi connectivity index (χ1v) is 9.20. The molecular formula is C16H18N2O5S. The van der Waals surface area contributed by atoms with Gasteiger partial charge < -0.3 is 20.6 Å². The van der Waals surface area contributed by atoms with Crippen molar-refractivity contribution in [3.63, 3.8) is 0 Å². The average molecular weight is 350 g/mol. The van der Waals surface area contributed by atoms with E-state index in [2.05, 4.69) is 10.0 Å². The molecule has 0 saturated heterocycles. The van der Waals surface area contributed by atoms with Gasteiger partial charge in [0.05, 0.1) is 11.9 Å². The van der Waals surface area contributed by atoms with E-state index in [0.29, 0.717) is 18.7 Å². The summed E-state index contributed by atoms with van der Waals surface area (Å²) >= 11 is 0. The lowest BCUT2D eigenvalue weighted by atomic mass is 9.84. The van der Waals surface area contributed by atoms with E-state index in [9.17, 15) is 23.7 Å². The van der Waals surface area contributed by atoms with Gasteiger partial charge in [-0.1, -0.05) is 12.1 Å². The standard InChI is InChI=1S/C16H18N2O5S/c1-24(22,23)18-16-12-8-17-7-11(10(12)3-5-14(16)20)9-2-4-13(19)15(21)6-9/h2-6,11,17-21H,7-8H2,1H3. The Morgan fingerprint density at radius 1 is 1.08 bits per heavy atom. The van der Waals surface area contributed by atoms with Crippen LogP contribution in [0.2, 0.25) is 0 Å². The van der Waals surface area contributed by atoms with Gasteiger partial charge in [-0.05, 0) is 34.9 Å². The number of sulfonamides is 1. The fraction of sp³-hybridized carbons (Fsp3) is 0.250. The fourth-order valence-electron chi connectivity index (χ4n) is 2.97. The number of fused-ring (bicyclic) bond motifs is 1. The van der Waals surface area contributed by atoms with Gasteiger partial charge in [-0.2, -0.15) is 0 Å². The molecular weight excluding hydrogens is 332 g/mol. The Hall–Kier alpha value is -2.45. The summed E-state index contributed by atoms with van der Waals surface area (Å²) in [6.07, 6.45) is 1.03. The molecule has 1 atom stereocenters. The van der Waals surface area contributed by atoms with Gasteiger partial charge in [0.15, 0.2) is 11.5 Å². The van der Waals surface area contributed by atoms with Crippen LogP contribution in [0.1, 0.15) is 22.6 Å². The number of aromatic hydroxyl groups is 3. The number of rotatable bonds is 3. The lowest BCUT2D eigenvalue weighted by molar-refractivity contribution is 0.402. The second-order valence-electron chi connectivity index (χ2n) is 5.83. The predicted octanol–water partition coefficient (Wildman–Crippen LogP) is 1.41. The van der Waals surface area contributed by atoms with Crippen LogP contribution in [0.3, 0.4) is 0 Å².